The standard InChI is InChI=1S/C13H10Br2O3/c14-8-5-7-1-3-17-12(7)10(6-8)11(16)9-2-4-18-13(9)15/h2,4-6,11,16H,1,3H2. The predicted molar refractivity (Wildman–Crippen MR) is 73.8 cm³/mol. The van der Waals surface area contributed by atoms with Gasteiger partial charge in [0.15, 0.2) is 4.67 Å². The first-order chi connectivity index (χ1) is 8.66. The molecular formula is C13H10Br2O3. The predicted octanol–water partition coefficient (Wildman–Crippen LogP) is 3.82. The maximum Gasteiger partial charge on any atom is 0.175 e. The number of hydrogen-bond acceptors (Lipinski definition) is 3. The van der Waals surface area contributed by atoms with E-state index in [0.717, 1.165) is 27.8 Å². The number of hydrogen-bond donors (Lipinski definition) is 1. The Morgan fingerprint density at radius 2 is 2.06 bits per heavy atom. The molecule has 3 nitrogen and oxygen atoms in total. The summed E-state index contributed by atoms with van der Waals surface area (Å²) in [5, 5.41) is 10.5. The number of halogens is 2. The van der Waals surface area contributed by atoms with Crippen LogP contribution in [0.1, 0.15) is 22.8 Å². The third-order valence-electron chi connectivity index (χ3n) is 3.01. The molecular weight excluding hydrogens is 364 g/mol. The maximum atomic E-state index is 10.5. The Hall–Kier alpha value is -0.780. The zero-order valence-electron chi connectivity index (χ0n) is 9.32. The Morgan fingerprint density at radius 3 is 2.78 bits per heavy atom. The number of fused-ring (bicyclic) bond motifs is 1. The van der Waals surface area contributed by atoms with E-state index in [4.69, 9.17) is 9.15 Å². The number of aliphatic hydroxyl groups excluding tert-OH is 1. The average Bonchev–Trinajstić information content (AvgIpc) is 2.95. The molecule has 3 rings (SSSR count). The van der Waals surface area contributed by atoms with Crippen molar-refractivity contribution >= 4 is 31.9 Å². The highest BCUT2D eigenvalue weighted by molar-refractivity contribution is 9.10. The molecule has 94 valence electrons. The van der Waals surface area contributed by atoms with Crippen molar-refractivity contribution in [1.29, 1.82) is 0 Å². The Labute approximate surface area is 121 Å². The molecule has 0 bridgehead atoms. The van der Waals surface area contributed by atoms with Crippen LogP contribution >= 0.6 is 31.9 Å². The molecule has 1 unspecified atom stereocenters. The van der Waals surface area contributed by atoms with Crippen molar-refractivity contribution in [2.24, 2.45) is 0 Å². The molecule has 1 N–H and O–H groups in total. The lowest BCUT2D eigenvalue weighted by molar-refractivity contribution is 0.211. The quantitative estimate of drug-likeness (QED) is 0.870. The van der Waals surface area contributed by atoms with Gasteiger partial charge in [-0.05, 0) is 39.7 Å². The molecule has 0 fully saturated rings. The second kappa shape index (κ2) is 4.72. The molecule has 5 heteroatoms. The molecule has 1 aromatic carbocycles. The van der Waals surface area contributed by atoms with E-state index in [9.17, 15) is 5.11 Å². The van der Waals surface area contributed by atoms with Crippen LogP contribution in [0.15, 0.2) is 38.0 Å². The zero-order chi connectivity index (χ0) is 12.7. The molecule has 1 aliphatic heterocycles. The number of rotatable bonds is 2. The summed E-state index contributed by atoms with van der Waals surface area (Å²) >= 11 is 6.75. The van der Waals surface area contributed by atoms with E-state index >= 15 is 0 Å². The van der Waals surface area contributed by atoms with Gasteiger partial charge in [-0.3, -0.25) is 0 Å². The van der Waals surface area contributed by atoms with Crippen LogP contribution in [0.2, 0.25) is 0 Å². The SMILES string of the molecule is OC(c1ccoc1Br)c1cc(Br)cc2c1OCC2. The molecule has 0 aliphatic carbocycles. The minimum Gasteiger partial charge on any atom is -0.493 e. The van der Waals surface area contributed by atoms with Crippen molar-refractivity contribution < 1.29 is 14.3 Å². The number of benzene rings is 1. The van der Waals surface area contributed by atoms with Crippen LogP contribution in [0.4, 0.5) is 0 Å². The second-order valence-electron chi connectivity index (χ2n) is 4.13. The van der Waals surface area contributed by atoms with Crippen LogP contribution in [0.25, 0.3) is 0 Å². The molecule has 1 aliphatic rings. The van der Waals surface area contributed by atoms with E-state index in [0.29, 0.717) is 16.8 Å². The lowest BCUT2D eigenvalue weighted by Crippen LogP contribution is -2.02. The van der Waals surface area contributed by atoms with Crippen molar-refractivity contribution in [1.82, 2.24) is 0 Å². The highest BCUT2D eigenvalue weighted by atomic mass is 79.9. The van der Waals surface area contributed by atoms with E-state index in [2.05, 4.69) is 31.9 Å². The van der Waals surface area contributed by atoms with Gasteiger partial charge in [0.05, 0.1) is 12.9 Å². The summed E-state index contributed by atoms with van der Waals surface area (Å²) in [6.07, 6.45) is 1.66. The van der Waals surface area contributed by atoms with Gasteiger partial charge in [0.2, 0.25) is 0 Å². The van der Waals surface area contributed by atoms with E-state index in [1.54, 1.807) is 12.3 Å². The average molecular weight is 374 g/mol. The van der Waals surface area contributed by atoms with Crippen LogP contribution in [0.5, 0.6) is 5.75 Å². The molecule has 0 radical (unpaired) electrons. The second-order valence-corrected chi connectivity index (χ2v) is 5.77. The first-order valence-corrected chi connectivity index (χ1v) is 7.11. The largest absolute Gasteiger partial charge is 0.493 e. The fraction of sp³-hybridized carbons (Fsp3) is 0.231. The molecule has 1 atom stereocenters. The normalized spacial score (nSPS) is 15.3. The first kappa shape index (κ1) is 12.3. The smallest absolute Gasteiger partial charge is 0.175 e. The molecule has 2 aromatic rings. The van der Waals surface area contributed by atoms with Crippen LogP contribution in [-0.2, 0) is 6.42 Å². The van der Waals surface area contributed by atoms with Gasteiger partial charge in [0, 0.05) is 22.0 Å². The van der Waals surface area contributed by atoms with Crippen molar-refractivity contribution in [2.45, 2.75) is 12.5 Å². The third-order valence-corrected chi connectivity index (χ3v) is 4.11. The van der Waals surface area contributed by atoms with Crippen LogP contribution in [0.3, 0.4) is 0 Å². The van der Waals surface area contributed by atoms with Crippen LogP contribution < -0.4 is 4.74 Å². The Balaban J connectivity index is 2.10. The summed E-state index contributed by atoms with van der Waals surface area (Å²) in [4.78, 5) is 0. The van der Waals surface area contributed by atoms with Crippen molar-refractivity contribution in [3.05, 3.63) is 50.3 Å². The van der Waals surface area contributed by atoms with Gasteiger partial charge in [-0.15, -0.1) is 0 Å². The monoisotopic (exact) mass is 372 g/mol. The molecule has 0 saturated heterocycles. The molecule has 1 aromatic heterocycles. The molecule has 0 saturated carbocycles. The van der Waals surface area contributed by atoms with Crippen LogP contribution in [0, 0.1) is 0 Å². The van der Waals surface area contributed by atoms with Gasteiger partial charge in [0.25, 0.3) is 0 Å². The van der Waals surface area contributed by atoms with Gasteiger partial charge in [0.1, 0.15) is 11.9 Å². The number of aliphatic hydroxyl groups is 1. The summed E-state index contributed by atoms with van der Waals surface area (Å²) in [6, 6.07) is 5.66. The molecule has 0 amide bonds. The molecule has 18 heavy (non-hydrogen) atoms. The lowest BCUT2D eigenvalue weighted by atomic mass is 10.0. The fourth-order valence-electron chi connectivity index (χ4n) is 2.17. The van der Waals surface area contributed by atoms with Crippen molar-refractivity contribution in [3.63, 3.8) is 0 Å². The zero-order valence-corrected chi connectivity index (χ0v) is 12.5. The summed E-state index contributed by atoms with van der Waals surface area (Å²) in [7, 11) is 0. The van der Waals surface area contributed by atoms with E-state index in [1.807, 2.05) is 12.1 Å². The molecule has 0 spiro atoms. The van der Waals surface area contributed by atoms with Crippen molar-refractivity contribution in [3.8, 4) is 5.75 Å². The maximum absolute atomic E-state index is 10.5. The summed E-state index contributed by atoms with van der Waals surface area (Å²) in [6.45, 7) is 0.665. The summed E-state index contributed by atoms with van der Waals surface area (Å²) < 4.78 is 12.3. The topological polar surface area (TPSA) is 42.6 Å². The van der Waals surface area contributed by atoms with Crippen molar-refractivity contribution in [2.75, 3.05) is 6.61 Å². The van der Waals surface area contributed by atoms with Gasteiger partial charge in [-0.1, -0.05) is 15.9 Å². The van der Waals surface area contributed by atoms with Gasteiger partial charge < -0.3 is 14.3 Å². The number of furan rings is 1. The molecule has 2 heterocycles. The van der Waals surface area contributed by atoms with Gasteiger partial charge in [-0.25, -0.2) is 0 Å². The highest BCUT2D eigenvalue weighted by Gasteiger charge is 2.25. The van der Waals surface area contributed by atoms with Crippen LogP contribution in [-0.4, -0.2) is 11.7 Å². The summed E-state index contributed by atoms with van der Waals surface area (Å²) in [5.41, 5.74) is 2.59. The highest BCUT2D eigenvalue weighted by Crippen LogP contribution is 2.40. The minimum absolute atomic E-state index is 0.543. The Morgan fingerprint density at radius 1 is 1.22 bits per heavy atom. The first-order valence-electron chi connectivity index (χ1n) is 5.53. The number of ether oxygens (including phenoxy) is 1. The summed E-state index contributed by atoms with van der Waals surface area (Å²) in [5.74, 6) is 0.791. The third kappa shape index (κ3) is 2.00. The lowest BCUT2D eigenvalue weighted by Gasteiger charge is -2.14. The van der Waals surface area contributed by atoms with E-state index in [1.165, 1.54) is 0 Å². The fourth-order valence-corrected chi connectivity index (χ4v) is 3.15. The Bertz CT molecular complexity index is 592. The van der Waals surface area contributed by atoms with E-state index in [-0.39, 0.29) is 0 Å². The van der Waals surface area contributed by atoms with Gasteiger partial charge in [-0.2, -0.15) is 0 Å². The van der Waals surface area contributed by atoms with E-state index < -0.39 is 6.10 Å². The minimum atomic E-state index is -0.762. The Kier molecular flexibility index (Phi) is 3.21. The van der Waals surface area contributed by atoms with Gasteiger partial charge >= 0.3 is 0 Å².